The zero-order valence-electron chi connectivity index (χ0n) is 17.0. The van der Waals surface area contributed by atoms with Gasteiger partial charge in [0.05, 0.1) is 0 Å². The van der Waals surface area contributed by atoms with Gasteiger partial charge in [0.25, 0.3) is 0 Å². The summed E-state index contributed by atoms with van der Waals surface area (Å²) in [6, 6.07) is 4.53. The molecule has 1 N–H and O–H groups in total. The Balaban J connectivity index is 1.76. The molecule has 1 aliphatic carbocycles. The number of aryl methyl sites for hydroxylation is 3. The number of hydrogen-bond acceptors (Lipinski definition) is 1. The Morgan fingerprint density at radius 2 is 1.27 bits per heavy atom. The van der Waals surface area contributed by atoms with Crippen molar-refractivity contribution >= 4 is 0 Å². The maximum absolute atomic E-state index is 4.79. The fourth-order valence-corrected chi connectivity index (χ4v) is 4.70. The highest BCUT2D eigenvalue weighted by molar-refractivity contribution is 5.65. The molecular formula is C24H36N2. The van der Waals surface area contributed by atoms with Crippen LogP contribution in [-0.4, -0.2) is 9.97 Å². The molecule has 0 bridgehead atoms. The quantitative estimate of drug-likeness (QED) is 0.599. The maximum atomic E-state index is 4.79. The molecule has 142 valence electrons. The largest absolute Gasteiger partial charge is 0.342 e. The minimum absolute atomic E-state index is 0.654. The zero-order valence-corrected chi connectivity index (χ0v) is 17.0. The number of H-pyrrole nitrogens is 1. The van der Waals surface area contributed by atoms with Gasteiger partial charge in [0, 0.05) is 23.4 Å². The third kappa shape index (κ3) is 4.99. The summed E-state index contributed by atoms with van der Waals surface area (Å²) in [6.07, 6.45) is 17.4. The van der Waals surface area contributed by atoms with Crippen molar-refractivity contribution in [1.29, 1.82) is 0 Å². The predicted octanol–water partition coefficient (Wildman–Crippen LogP) is 7.39. The molecule has 0 amide bonds. The fourth-order valence-electron chi connectivity index (χ4n) is 4.70. The molecule has 1 aromatic carbocycles. The molecule has 0 radical (unpaired) electrons. The van der Waals surface area contributed by atoms with Crippen LogP contribution in [0.3, 0.4) is 0 Å². The molecule has 26 heavy (non-hydrogen) atoms. The van der Waals surface area contributed by atoms with Crippen LogP contribution in [0.2, 0.25) is 0 Å². The highest BCUT2D eigenvalue weighted by Crippen LogP contribution is 2.32. The van der Waals surface area contributed by atoms with Gasteiger partial charge < -0.3 is 4.98 Å². The molecule has 0 atom stereocenters. The normalized spacial score (nSPS) is 18.3. The number of rotatable bonds is 2. The van der Waals surface area contributed by atoms with Gasteiger partial charge in [-0.05, 0) is 44.7 Å². The second-order valence-corrected chi connectivity index (χ2v) is 8.42. The third-order valence-corrected chi connectivity index (χ3v) is 6.05. The summed E-state index contributed by atoms with van der Waals surface area (Å²) in [5, 5.41) is 0. The van der Waals surface area contributed by atoms with E-state index in [1.807, 2.05) is 0 Å². The lowest BCUT2D eigenvalue weighted by atomic mass is 9.91. The van der Waals surface area contributed by atoms with E-state index in [1.54, 1.807) is 0 Å². The molecule has 1 aliphatic rings. The first kappa shape index (κ1) is 19.2. The van der Waals surface area contributed by atoms with Crippen LogP contribution in [0, 0.1) is 20.8 Å². The monoisotopic (exact) mass is 352 g/mol. The Bertz CT molecular complexity index is 663. The number of nitrogens with zero attached hydrogens (tertiary/aromatic N) is 1. The molecule has 2 heteroatoms. The van der Waals surface area contributed by atoms with Crippen LogP contribution >= 0.6 is 0 Å². The Kier molecular flexibility index (Phi) is 6.93. The van der Waals surface area contributed by atoms with Crippen molar-refractivity contribution in [2.24, 2.45) is 0 Å². The molecule has 2 aromatic rings. The second-order valence-electron chi connectivity index (χ2n) is 8.42. The highest BCUT2D eigenvalue weighted by Gasteiger charge is 2.17. The molecule has 1 saturated carbocycles. The van der Waals surface area contributed by atoms with Gasteiger partial charge in [0.15, 0.2) is 0 Å². The lowest BCUT2D eigenvalue weighted by molar-refractivity contribution is 0.463. The lowest BCUT2D eigenvalue weighted by Gasteiger charge is -2.16. The number of aromatic nitrogens is 2. The average molecular weight is 353 g/mol. The Morgan fingerprint density at radius 1 is 0.769 bits per heavy atom. The van der Waals surface area contributed by atoms with E-state index >= 15 is 0 Å². The molecule has 0 aliphatic heterocycles. The van der Waals surface area contributed by atoms with E-state index in [4.69, 9.17) is 4.98 Å². The van der Waals surface area contributed by atoms with Crippen molar-refractivity contribution in [3.8, 4) is 11.4 Å². The van der Waals surface area contributed by atoms with Crippen LogP contribution < -0.4 is 0 Å². The standard InChI is InChI=1S/C24H36N2/c1-18-15-19(2)23(20(3)16-18)24-25-17-22(26-24)21-13-11-9-7-5-4-6-8-10-12-14-21/h15-17,21H,4-14H2,1-3H3,(H,25,26). The second kappa shape index (κ2) is 9.39. The van der Waals surface area contributed by atoms with Gasteiger partial charge in [-0.2, -0.15) is 0 Å². The summed E-state index contributed by atoms with van der Waals surface area (Å²) >= 11 is 0. The van der Waals surface area contributed by atoms with E-state index in [0.29, 0.717) is 5.92 Å². The van der Waals surface area contributed by atoms with E-state index in [9.17, 15) is 0 Å². The van der Waals surface area contributed by atoms with Gasteiger partial charge >= 0.3 is 0 Å². The van der Waals surface area contributed by atoms with Crippen molar-refractivity contribution in [1.82, 2.24) is 9.97 Å². The highest BCUT2D eigenvalue weighted by atomic mass is 14.9. The summed E-state index contributed by atoms with van der Waals surface area (Å²) in [5.41, 5.74) is 6.62. The fraction of sp³-hybridized carbons (Fsp3) is 0.625. The number of benzene rings is 1. The van der Waals surface area contributed by atoms with Crippen LogP contribution in [0.1, 0.15) is 98.9 Å². The van der Waals surface area contributed by atoms with E-state index < -0.39 is 0 Å². The molecule has 0 saturated heterocycles. The van der Waals surface area contributed by atoms with Gasteiger partial charge in [-0.3, -0.25) is 0 Å². The topological polar surface area (TPSA) is 28.7 Å². The molecule has 1 aromatic heterocycles. The maximum Gasteiger partial charge on any atom is 0.138 e. The van der Waals surface area contributed by atoms with Crippen LogP contribution in [-0.2, 0) is 0 Å². The molecule has 1 heterocycles. The molecular weight excluding hydrogens is 316 g/mol. The predicted molar refractivity (Wildman–Crippen MR) is 112 cm³/mol. The van der Waals surface area contributed by atoms with Gasteiger partial charge in [0.2, 0.25) is 0 Å². The van der Waals surface area contributed by atoms with E-state index in [1.165, 1.54) is 98.6 Å². The Morgan fingerprint density at radius 3 is 1.81 bits per heavy atom. The van der Waals surface area contributed by atoms with Gasteiger partial charge in [-0.1, -0.05) is 75.5 Å². The van der Waals surface area contributed by atoms with Crippen molar-refractivity contribution in [2.45, 2.75) is 97.3 Å². The molecule has 2 nitrogen and oxygen atoms in total. The zero-order chi connectivity index (χ0) is 18.4. The molecule has 0 spiro atoms. The minimum atomic E-state index is 0.654. The Labute approximate surface area is 159 Å². The first-order valence-corrected chi connectivity index (χ1v) is 10.8. The first-order valence-electron chi connectivity index (χ1n) is 10.8. The third-order valence-electron chi connectivity index (χ3n) is 6.05. The number of nitrogens with one attached hydrogen (secondary N) is 1. The van der Waals surface area contributed by atoms with Crippen molar-refractivity contribution in [2.75, 3.05) is 0 Å². The Hall–Kier alpha value is -1.57. The van der Waals surface area contributed by atoms with Crippen molar-refractivity contribution in [3.05, 3.63) is 40.7 Å². The first-order chi connectivity index (χ1) is 12.6. The summed E-state index contributed by atoms with van der Waals surface area (Å²) in [6.45, 7) is 6.57. The van der Waals surface area contributed by atoms with Crippen LogP contribution in [0.4, 0.5) is 0 Å². The summed E-state index contributed by atoms with van der Waals surface area (Å²) in [7, 11) is 0. The van der Waals surface area contributed by atoms with Crippen molar-refractivity contribution in [3.63, 3.8) is 0 Å². The molecule has 0 unspecified atom stereocenters. The SMILES string of the molecule is Cc1cc(C)c(-c2ncc(C3CCCCCCCCCCC3)[nH]2)c(C)c1. The lowest BCUT2D eigenvalue weighted by Crippen LogP contribution is -2.01. The van der Waals surface area contributed by atoms with Crippen LogP contribution in [0.15, 0.2) is 18.3 Å². The summed E-state index contributed by atoms with van der Waals surface area (Å²) in [4.78, 5) is 8.49. The minimum Gasteiger partial charge on any atom is -0.342 e. The van der Waals surface area contributed by atoms with Crippen LogP contribution in [0.25, 0.3) is 11.4 Å². The van der Waals surface area contributed by atoms with E-state index in [-0.39, 0.29) is 0 Å². The van der Waals surface area contributed by atoms with E-state index in [0.717, 1.165) is 5.82 Å². The molecule has 3 rings (SSSR count). The summed E-state index contributed by atoms with van der Waals surface area (Å²) < 4.78 is 0. The average Bonchev–Trinajstić information content (AvgIpc) is 3.04. The number of imidazole rings is 1. The smallest absolute Gasteiger partial charge is 0.138 e. The van der Waals surface area contributed by atoms with Crippen LogP contribution in [0.5, 0.6) is 0 Å². The van der Waals surface area contributed by atoms with Gasteiger partial charge in [0.1, 0.15) is 5.82 Å². The summed E-state index contributed by atoms with van der Waals surface area (Å²) in [5.74, 6) is 1.71. The molecule has 1 fully saturated rings. The van der Waals surface area contributed by atoms with Gasteiger partial charge in [-0.25, -0.2) is 4.98 Å². The van der Waals surface area contributed by atoms with E-state index in [2.05, 4.69) is 44.1 Å². The number of hydrogen-bond donors (Lipinski definition) is 1. The number of aromatic amines is 1. The van der Waals surface area contributed by atoms with Gasteiger partial charge in [-0.15, -0.1) is 0 Å². The van der Waals surface area contributed by atoms with Crippen molar-refractivity contribution < 1.29 is 0 Å².